The predicted octanol–water partition coefficient (Wildman–Crippen LogP) is 3.61. The van der Waals surface area contributed by atoms with Crippen LogP contribution in [0.1, 0.15) is 23.6 Å². The van der Waals surface area contributed by atoms with Gasteiger partial charge in [-0.25, -0.2) is 14.4 Å². The highest BCUT2D eigenvalue weighted by molar-refractivity contribution is 5.76. The van der Waals surface area contributed by atoms with Crippen LogP contribution >= 0.6 is 0 Å². The van der Waals surface area contributed by atoms with Crippen molar-refractivity contribution in [2.45, 2.75) is 39.0 Å². The van der Waals surface area contributed by atoms with Gasteiger partial charge in [0, 0.05) is 0 Å². The Labute approximate surface area is 262 Å². The number of ketones is 1. The van der Waals surface area contributed by atoms with Crippen LogP contribution in [0, 0.1) is 0 Å². The second kappa shape index (κ2) is 20.5. The maximum absolute atomic E-state index is 12.5. The van der Waals surface area contributed by atoms with Gasteiger partial charge in [0.25, 0.3) is 0 Å². The molecular formula is C34H38O11. The molecule has 3 aromatic rings. The molecular weight excluding hydrogens is 584 g/mol. The van der Waals surface area contributed by atoms with E-state index in [0.29, 0.717) is 0 Å². The summed E-state index contributed by atoms with van der Waals surface area (Å²) >= 11 is 0. The van der Waals surface area contributed by atoms with E-state index < -0.39 is 49.9 Å². The summed E-state index contributed by atoms with van der Waals surface area (Å²) in [6.45, 7) is -0.465. The van der Waals surface area contributed by atoms with Crippen molar-refractivity contribution < 1.29 is 52.3 Å². The fourth-order valence-corrected chi connectivity index (χ4v) is 3.79. The number of benzene rings is 3. The van der Waals surface area contributed by atoms with Crippen molar-refractivity contribution in [3.05, 3.63) is 108 Å². The van der Waals surface area contributed by atoms with Crippen LogP contribution in [-0.4, -0.2) is 75.5 Å². The maximum Gasteiger partial charge on any atom is 0.332 e. The van der Waals surface area contributed by atoms with E-state index in [1.807, 2.05) is 91.0 Å². The van der Waals surface area contributed by atoms with Crippen molar-refractivity contribution in [1.29, 1.82) is 0 Å². The normalized spacial score (nSPS) is 12.1. The highest BCUT2D eigenvalue weighted by atomic mass is 16.6. The molecule has 0 fully saturated rings. The fourth-order valence-electron chi connectivity index (χ4n) is 3.79. The summed E-state index contributed by atoms with van der Waals surface area (Å²) in [7, 11) is 0. The van der Waals surface area contributed by atoms with Gasteiger partial charge >= 0.3 is 17.9 Å². The highest BCUT2D eigenvalue weighted by Gasteiger charge is 2.27. The summed E-state index contributed by atoms with van der Waals surface area (Å²) in [5.74, 6) is -2.15. The van der Waals surface area contributed by atoms with Crippen LogP contribution in [0.4, 0.5) is 0 Å². The lowest BCUT2D eigenvalue weighted by Crippen LogP contribution is -2.42. The molecule has 45 heavy (non-hydrogen) atoms. The molecule has 0 saturated heterocycles. The molecule has 0 aliphatic carbocycles. The summed E-state index contributed by atoms with van der Waals surface area (Å²) in [4.78, 5) is 48.7. The molecule has 3 rings (SSSR count). The van der Waals surface area contributed by atoms with Crippen LogP contribution in [0.2, 0.25) is 0 Å². The van der Waals surface area contributed by atoms with Crippen LogP contribution in [-0.2, 0) is 72.2 Å². The van der Waals surface area contributed by atoms with Crippen molar-refractivity contribution in [3.63, 3.8) is 0 Å². The average molecular weight is 623 g/mol. The van der Waals surface area contributed by atoms with Gasteiger partial charge in [-0.1, -0.05) is 91.0 Å². The third kappa shape index (κ3) is 15.2. The second-order valence-corrected chi connectivity index (χ2v) is 9.87. The highest BCUT2D eigenvalue weighted by Crippen LogP contribution is 2.10. The molecule has 11 nitrogen and oxygen atoms in total. The largest absolute Gasteiger partial charge is 0.459 e. The second-order valence-electron chi connectivity index (χ2n) is 9.87. The standard InChI is InChI=1S/C34H38O11/c1-26(35)17-39-21-30(41-24-33(37)44-19-28-13-7-3-8-14-28)31(42-25-34(38)45-20-29-15-9-4-10-16-29)22-40-23-32(36)43-18-27-11-5-2-6-12-27/h2-16,30-31H,17-25H2,1H3. The smallest absolute Gasteiger partial charge is 0.332 e. The first-order valence-corrected chi connectivity index (χ1v) is 14.4. The number of ether oxygens (including phenoxy) is 7. The molecule has 0 radical (unpaired) electrons. The van der Waals surface area contributed by atoms with Crippen molar-refractivity contribution in [2.24, 2.45) is 0 Å². The number of Topliss-reactive ketones (excluding diaryl/α,β-unsaturated/α-hetero) is 1. The lowest BCUT2D eigenvalue weighted by Gasteiger charge is -2.26. The molecule has 2 unspecified atom stereocenters. The SMILES string of the molecule is CC(=O)COCC(OCC(=O)OCc1ccccc1)C(COCC(=O)OCc1ccccc1)OCC(=O)OCc1ccccc1. The molecule has 11 heteroatoms. The van der Waals surface area contributed by atoms with Crippen LogP contribution in [0.15, 0.2) is 91.0 Å². The molecule has 240 valence electrons. The lowest BCUT2D eigenvalue weighted by molar-refractivity contribution is -0.174. The molecule has 0 heterocycles. The first-order chi connectivity index (χ1) is 21.9. The van der Waals surface area contributed by atoms with E-state index in [2.05, 4.69) is 0 Å². The van der Waals surface area contributed by atoms with Gasteiger partial charge in [0.1, 0.15) is 58.5 Å². The predicted molar refractivity (Wildman–Crippen MR) is 161 cm³/mol. The van der Waals surface area contributed by atoms with E-state index in [1.54, 1.807) is 0 Å². The van der Waals surface area contributed by atoms with Crippen LogP contribution in [0.3, 0.4) is 0 Å². The van der Waals surface area contributed by atoms with E-state index in [-0.39, 0.29) is 45.4 Å². The van der Waals surface area contributed by atoms with E-state index in [0.717, 1.165) is 16.7 Å². The van der Waals surface area contributed by atoms with Gasteiger partial charge in [-0.3, -0.25) is 4.79 Å². The molecule has 0 spiro atoms. The van der Waals surface area contributed by atoms with Crippen LogP contribution in [0.5, 0.6) is 0 Å². The fraction of sp³-hybridized carbons (Fsp3) is 0.353. The molecule has 0 bridgehead atoms. The topological polar surface area (TPSA) is 133 Å². The minimum atomic E-state index is -1.01. The zero-order valence-corrected chi connectivity index (χ0v) is 25.2. The van der Waals surface area contributed by atoms with Crippen LogP contribution < -0.4 is 0 Å². The average Bonchev–Trinajstić information content (AvgIpc) is 3.06. The quantitative estimate of drug-likeness (QED) is 0.127. The Bertz CT molecular complexity index is 1300. The Morgan fingerprint density at radius 2 is 0.822 bits per heavy atom. The first kappa shape index (κ1) is 35.1. The number of carbonyl (C=O) groups is 4. The van der Waals surface area contributed by atoms with Gasteiger partial charge in [0.05, 0.1) is 13.2 Å². The summed E-state index contributed by atoms with van der Waals surface area (Å²) in [5.41, 5.74) is 2.42. The van der Waals surface area contributed by atoms with Gasteiger partial charge < -0.3 is 33.2 Å². The third-order valence-electron chi connectivity index (χ3n) is 6.06. The number of esters is 3. The molecule has 2 atom stereocenters. The van der Waals surface area contributed by atoms with Gasteiger partial charge in [-0.2, -0.15) is 0 Å². The Morgan fingerprint density at radius 1 is 0.489 bits per heavy atom. The van der Waals surface area contributed by atoms with Gasteiger partial charge in [0.15, 0.2) is 5.78 Å². The Kier molecular flexibility index (Phi) is 16.0. The molecule has 0 aliphatic heterocycles. The van der Waals surface area contributed by atoms with Crippen molar-refractivity contribution in [3.8, 4) is 0 Å². The van der Waals surface area contributed by atoms with E-state index in [4.69, 9.17) is 33.2 Å². The lowest BCUT2D eigenvalue weighted by atomic mass is 10.2. The maximum atomic E-state index is 12.5. The summed E-state index contributed by atoms with van der Waals surface area (Å²) in [6.07, 6.45) is -2.00. The van der Waals surface area contributed by atoms with Crippen molar-refractivity contribution in [2.75, 3.05) is 39.6 Å². The van der Waals surface area contributed by atoms with Gasteiger partial charge in [-0.05, 0) is 23.6 Å². The zero-order chi connectivity index (χ0) is 32.1. The third-order valence-corrected chi connectivity index (χ3v) is 6.06. The van der Waals surface area contributed by atoms with E-state index in [1.165, 1.54) is 6.92 Å². The minimum Gasteiger partial charge on any atom is -0.459 e. The number of hydrogen-bond donors (Lipinski definition) is 0. The Hall–Kier alpha value is -4.42. The van der Waals surface area contributed by atoms with E-state index >= 15 is 0 Å². The van der Waals surface area contributed by atoms with Gasteiger partial charge in [-0.15, -0.1) is 0 Å². The van der Waals surface area contributed by atoms with Crippen LogP contribution in [0.25, 0.3) is 0 Å². The molecule has 0 N–H and O–H groups in total. The minimum absolute atomic E-state index is 0.0480. The Morgan fingerprint density at radius 3 is 1.18 bits per heavy atom. The number of rotatable bonds is 21. The molecule has 0 aromatic heterocycles. The first-order valence-electron chi connectivity index (χ1n) is 14.4. The molecule has 0 amide bonds. The van der Waals surface area contributed by atoms with E-state index in [9.17, 15) is 19.2 Å². The Balaban J connectivity index is 1.59. The zero-order valence-electron chi connectivity index (χ0n) is 25.2. The summed E-state index contributed by atoms with van der Waals surface area (Å²) < 4.78 is 38.4. The van der Waals surface area contributed by atoms with Crippen molar-refractivity contribution >= 4 is 23.7 Å². The molecule has 0 saturated carbocycles. The molecule has 0 aliphatic rings. The molecule has 3 aromatic carbocycles. The van der Waals surface area contributed by atoms with Crippen molar-refractivity contribution in [1.82, 2.24) is 0 Å². The summed E-state index contributed by atoms with van der Waals surface area (Å²) in [5, 5.41) is 0. The summed E-state index contributed by atoms with van der Waals surface area (Å²) in [6, 6.07) is 27.4. The number of carbonyl (C=O) groups excluding carboxylic acids is 4. The number of hydrogen-bond acceptors (Lipinski definition) is 11. The van der Waals surface area contributed by atoms with Gasteiger partial charge in [0.2, 0.25) is 0 Å². The monoisotopic (exact) mass is 622 g/mol.